The van der Waals surface area contributed by atoms with Crippen molar-refractivity contribution in [3.8, 4) is 0 Å². The first-order valence-electron chi connectivity index (χ1n) is 4.41. The van der Waals surface area contributed by atoms with E-state index in [2.05, 4.69) is 21.2 Å². The standard InChI is InChI=1S/C10H9BrFNO3/c11-8-2-1-7(12)3-6(8)4-9(10(15)16)13-5-14/h1-3,5,9H,4H2,(H,13,14)(H,15,16). The molecule has 4 nitrogen and oxygen atoms in total. The predicted molar refractivity (Wildman–Crippen MR) is 58.4 cm³/mol. The van der Waals surface area contributed by atoms with Crippen molar-refractivity contribution in [2.45, 2.75) is 12.5 Å². The zero-order valence-corrected chi connectivity index (χ0v) is 9.70. The third kappa shape index (κ3) is 3.30. The molecule has 0 spiro atoms. The second-order valence-electron chi connectivity index (χ2n) is 3.12. The zero-order valence-electron chi connectivity index (χ0n) is 8.11. The first-order chi connectivity index (χ1) is 7.54. The Labute approximate surface area is 99.6 Å². The fourth-order valence-electron chi connectivity index (χ4n) is 1.22. The summed E-state index contributed by atoms with van der Waals surface area (Å²) in [6.07, 6.45) is 0.332. The van der Waals surface area contributed by atoms with E-state index in [4.69, 9.17) is 5.11 Å². The molecule has 0 bridgehead atoms. The number of nitrogens with one attached hydrogen (secondary N) is 1. The molecule has 1 unspecified atom stereocenters. The maximum atomic E-state index is 12.9. The lowest BCUT2D eigenvalue weighted by molar-refractivity contribution is -0.140. The monoisotopic (exact) mass is 289 g/mol. The predicted octanol–water partition coefficient (Wildman–Crippen LogP) is 1.33. The van der Waals surface area contributed by atoms with E-state index < -0.39 is 17.8 Å². The number of carboxylic acid groups (broad SMARTS) is 1. The minimum atomic E-state index is -1.16. The number of amides is 1. The van der Waals surface area contributed by atoms with Crippen LogP contribution in [0.5, 0.6) is 0 Å². The van der Waals surface area contributed by atoms with Crippen LogP contribution in [0, 0.1) is 5.82 Å². The van der Waals surface area contributed by atoms with Crippen LogP contribution in [0.2, 0.25) is 0 Å². The largest absolute Gasteiger partial charge is 0.480 e. The van der Waals surface area contributed by atoms with Gasteiger partial charge in [-0.2, -0.15) is 0 Å². The topological polar surface area (TPSA) is 66.4 Å². The molecule has 0 aliphatic heterocycles. The quantitative estimate of drug-likeness (QED) is 0.804. The van der Waals surface area contributed by atoms with Crippen LogP contribution in [0.4, 0.5) is 4.39 Å². The molecule has 1 amide bonds. The summed E-state index contributed by atoms with van der Waals surface area (Å²) in [7, 11) is 0. The van der Waals surface area contributed by atoms with Gasteiger partial charge in [0.2, 0.25) is 6.41 Å². The summed E-state index contributed by atoms with van der Waals surface area (Å²) < 4.78 is 13.5. The molecule has 1 atom stereocenters. The van der Waals surface area contributed by atoms with Crippen molar-refractivity contribution < 1.29 is 19.1 Å². The number of rotatable bonds is 5. The number of benzene rings is 1. The highest BCUT2D eigenvalue weighted by atomic mass is 79.9. The Morgan fingerprint density at radius 2 is 2.31 bits per heavy atom. The number of hydrogen-bond donors (Lipinski definition) is 2. The molecule has 2 N–H and O–H groups in total. The third-order valence-electron chi connectivity index (χ3n) is 2.00. The molecule has 0 saturated heterocycles. The first-order valence-corrected chi connectivity index (χ1v) is 5.20. The number of hydrogen-bond acceptors (Lipinski definition) is 2. The molecule has 1 aromatic rings. The summed E-state index contributed by atoms with van der Waals surface area (Å²) >= 11 is 3.18. The molecule has 0 aliphatic carbocycles. The average molecular weight is 290 g/mol. The number of aliphatic carboxylic acids is 1. The Bertz CT molecular complexity index is 411. The van der Waals surface area contributed by atoms with E-state index in [1.165, 1.54) is 18.2 Å². The van der Waals surface area contributed by atoms with E-state index in [9.17, 15) is 14.0 Å². The fourth-order valence-corrected chi connectivity index (χ4v) is 1.63. The van der Waals surface area contributed by atoms with Crippen molar-refractivity contribution in [3.05, 3.63) is 34.1 Å². The highest BCUT2D eigenvalue weighted by molar-refractivity contribution is 9.10. The maximum Gasteiger partial charge on any atom is 0.326 e. The summed E-state index contributed by atoms with van der Waals surface area (Å²) in [5.41, 5.74) is 0.488. The highest BCUT2D eigenvalue weighted by Crippen LogP contribution is 2.19. The second-order valence-corrected chi connectivity index (χ2v) is 3.97. The Morgan fingerprint density at radius 3 is 2.88 bits per heavy atom. The van der Waals surface area contributed by atoms with Gasteiger partial charge < -0.3 is 10.4 Å². The first kappa shape index (κ1) is 12.6. The van der Waals surface area contributed by atoms with Gasteiger partial charge in [0.25, 0.3) is 0 Å². The Balaban J connectivity index is 2.88. The molecule has 0 aromatic heterocycles. The van der Waals surface area contributed by atoms with Gasteiger partial charge in [0, 0.05) is 10.9 Å². The average Bonchev–Trinajstić information content (AvgIpc) is 2.22. The van der Waals surface area contributed by atoms with Gasteiger partial charge in [-0.15, -0.1) is 0 Å². The van der Waals surface area contributed by atoms with E-state index in [0.29, 0.717) is 16.4 Å². The van der Waals surface area contributed by atoms with Gasteiger partial charge in [0.05, 0.1) is 0 Å². The lowest BCUT2D eigenvalue weighted by Gasteiger charge is -2.12. The molecule has 0 saturated carbocycles. The molecule has 0 heterocycles. The normalized spacial score (nSPS) is 11.9. The van der Waals surface area contributed by atoms with Gasteiger partial charge in [-0.25, -0.2) is 9.18 Å². The lowest BCUT2D eigenvalue weighted by atomic mass is 10.1. The number of carbonyl (C=O) groups excluding carboxylic acids is 1. The smallest absolute Gasteiger partial charge is 0.326 e. The van der Waals surface area contributed by atoms with Crippen LogP contribution in [0.3, 0.4) is 0 Å². The number of halogens is 2. The van der Waals surface area contributed by atoms with Crippen molar-refractivity contribution in [3.63, 3.8) is 0 Å². The van der Waals surface area contributed by atoms with Crippen LogP contribution < -0.4 is 5.32 Å². The molecule has 0 aliphatic rings. The maximum absolute atomic E-state index is 12.9. The van der Waals surface area contributed by atoms with E-state index in [-0.39, 0.29) is 6.42 Å². The van der Waals surface area contributed by atoms with Crippen LogP contribution in [-0.4, -0.2) is 23.5 Å². The zero-order chi connectivity index (χ0) is 12.1. The molecule has 16 heavy (non-hydrogen) atoms. The molecule has 1 aromatic carbocycles. The second kappa shape index (κ2) is 5.60. The van der Waals surface area contributed by atoms with Crippen LogP contribution in [0.25, 0.3) is 0 Å². The van der Waals surface area contributed by atoms with E-state index in [1.807, 2.05) is 0 Å². The van der Waals surface area contributed by atoms with E-state index in [1.54, 1.807) is 0 Å². The van der Waals surface area contributed by atoms with Gasteiger partial charge >= 0.3 is 5.97 Å². The summed E-state index contributed by atoms with van der Waals surface area (Å²) in [6, 6.07) is 2.92. The van der Waals surface area contributed by atoms with Gasteiger partial charge in [-0.3, -0.25) is 4.79 Å². The Kier molecular flexibility index (Phi) is 4.42. The van der Waals surface area contributed by atoms with Crippen LogP contribution in [0.1, 0.15) is 5.56 Å². The highest BCUT2D eigenvalue weighted by Gasteiger charge is 2.18. The fraction of sp³-hybridized carbons (Fsp3) is 0.200. The molecular weight excluding hydrogens is 281 g/mol. The molecule has 0 fully saturated rings. The number of carbonyl (C=O) groups is 2. The molecular formula is C10H9BrFNO3. The summed E-state index contributed by atoms with van der Waals surface area (Å²) in [5.74, 6) is -1.61. The van der Waals surface area contributed by atoms with Crippen LogP contribution in [0.15, 0.2) is 22.7 Å². The van der Waals surface area contributed by atoms with Crippen LogP contribution >= 0.6 is 15.9 Å². The molecule has 0 radical (unpaired) electrons. The van der Waals surface area contributed by atoms with E-state index >= 15 is 0 Å². The minimum Gasteiger partial charge on any atom is -0.480 e. The summed E-state index contributed by atoms with van der Waals surface area (Å²) in [4.78, 5) is 21.0. The van der Waals surface area contributed by atoms with Gasteiger partial charge in [0.15, 0.2) is 0 Å². The number of carboxylic acids is 1. The van der Waals surface area contributed by atoms with Gasteiger partial charge in [-0.05, 0) is 23.8 Å². The summed E-state index contributed by atoms with van der Waals surface area (Å²) in [5, 5.41) is 10.9. The van der Waals surface area contributed by atoms with Crippen molar-refractivity contribution in [2.75, 3.05) is 0 Å². The molecule has 1 rings (SSSR count). The van der Waals surface area contributed by atoms with Gasteiger partial charge in [-0.1, -0.05) is 15.9 Å². The Morgan fingerprint density at radius 1 is 1.62 bits per heavy atom. The van der Waals surface area contributed by atoms with E-state index in [0.717, 1.165) is 0 Å². The van der Waals surface area contributed by atoms with Crippen molar-refractivity contribution >= 4 is 28.3 Å². The molecule has 6 heteroatoms. The summed E-state index contributed by atoms with van der Waals surface area (Å²) in [6.45, 7) is 0. The minimum absolute atomic E-state index is 0.0203. The third-order valence-corrected chi connectivity index (χ3v) is 2.77. The van der Waals surface area contributed by atoms with Gasteiger partial charge in [0.1, 0.15) is 11.9 Å². The van der Waals surface area contributed by atoms with Crippen molar-refractivity contribution in [1.29, 1.82) is 0 Å². The Hall–Kier alpha value is -1.43. The van der Waals surface area contributed by atoms with Crippen molar-refractivity contribution in [1.82, 2.24) is 5.32 Å². The lowest BCUT2D eigenvalue weighted by Crippen LogP contribution is -2.37. The SMILES string of the molecule is O=CNC(Cc1cc(F)ccc1Br)C(=O)O. The van der Waals surface area contributed by atoms with Crippen molar-refractivity contribution in [2.24, 2.45) is 0 Å². The molecule has 86 valence electrons. The van der Waals surface area contributed by atoms with Crippen LogP contribution in [-0.2, 0) is 16.0 Å².